The van der Waals surface area contributed by atoms with E-state index in [1.807, 2.05) is 22.9 Å². The molecule has 3 rings (SSSR count). The van der Waals surface area contributed by atoms with Gasteiger partial charge in [-0.15, -0.1) is 0 Å². The van der Waals surface area contributed by atoms with Crippen molar-refractivity contribution < 1.29 is 0 Å². The van der Waals surface area contributed by atoms with E-state index in [2.05, 4.69) is 11.8 Å². The van der Waals surface area contributed by atoms with Crippen LogP contribution in [0.4, 0.5) is 0 Å². The van der Waals surface area contributed by atoms with Crippen molar-refractivity contribution in [1.29, 1.82) is 0 Å². The molecule has 1 aromatic heterocycles. The summed E-state index contributed by atoms with van der Waals surface area (Å²) in [5.74, 6) is 0.965. The minimum atomic E-state index is 0.939. The van der Waals surface area contributed by atoms with E-state index in [1.54, 1.807) is 11.3 Å². The number of thiophene rings is 1. The smallest absolute Gasteiger partial charge is 0.0121 e. The monoisotopic (exact) mass is 265 g/mol. The average Bonchev–Trinajstić information content (AvgIpc) is 2.99. The number of hydrogen-bond acceptors (Lipinski definition) is 2. The second-order valence-electron chi connectivity index (χ2n) is 5.72. The standard InChI is InChI=1S/C12H23N.C4H4S/c1-11-7-3-4-8-12(11)13-9-5-2-6-10-13;1-2-4-5-3-1/h11-12H,2-10H2,1H3;1-4H. The predicted octanol–water partition coefficient (Wildman–Crippen LogP) is 4.80. The lowest BCUT2D eigenvalue weighted by molar-refractivity contribution is 0.0922. The first-order valence-electron chi connectivity index (χ1n) is 7.59. The highest BCUT2D eigenvalue weighted by atomic mass is 32.1. The van der Waals surface area contributed by atoms with Crippen LogP contribution in [0.15, 0.2) is 22.9 Å². The highest BCUT2D eigenvalue weighted by Crippen LogP contribution is 2.29. The predicted molar refractivity (Wildman–Crippen MR) is 81.2 cm³/mol. The van der Waals surface area contributed by atoms with Crippen molar-refractivity contribution in [2.75, 3.05) is 13.1 Å². The molecule has 0 amide bonds. The minimum Gasteiger partial charge on any atom is -0.300 e. The van der Waals surface area contributed by atoms with Gasteiger partial charge in [-0.05, 0) is 55.5 Å². The fourth-order valence-electron chi connectivity index (χ4n) is 3.32. The molecular weight excluding hydrogens is 238 g/mol. The van der Waals surface area contributed by atoms with Crippen LogP contribution in [0.2, 0.25) is 0 Å². The van der Waals surface area contributed by atoms with E-state index in [4.69, 9.17) is 0 Å². The Kier molecular flexibility index (Phi) is 6.22. The molecule has 0 aromatic carbocycles. The van der Waals surface area contributed by atoms with Crippen LogP contribution in [0.1, 0.15) is 51.9 Å². The van der Waals surface area contributed by atoms with E-state index in [1.165, 1.54) is 58.0 Å². The van der Waals surface area contributed by atoms with Gasteiger partial charge in [-0.2, -0.15) is 11.3 Å². The van der Waals surface area contributed by atoms with Gasteiger partial charge >= 0.3 is 0 Å². The minimum absolute atomic E-state index is 0.939. The molecule has 0 spiro atoms. The normalized spacial score (nSPS) is 29.4. The Morgan fingerprint density at radius 3 is 2.11 bits per heavy atom. The van der Waals surface area contributed by atoms with Gasteiger partial charge in [0.15, 0.2) is 0 Å². The van der Waals surface area contributed by atoms with E-state index in [0.717, 1.165) is 12.0 Å². The van der Waals surface area contributed by atoms with Crippen molar-refractivity contribution in [2.24, 2.45) is 5.92 Å². The fourth-order valence-corrected chi connectivity index (χ4v) is 3.77. The Labute approximate surface area is 116 Å². The average molecular weight is 265 g/mol. The van der Waals surface area contributed by atoms with E-state index in [9.17, 15) is 0 Å². The highest BCUT2D eigenvalue weighted by molar-refractivity contribution is 7.07. The Morgan fingerprint density at radius 1 is 0.889 bits per heavy atom. The van der Waals surface area contributed by atoms with Gasteiger partial charge in [0.25, 0.3) is 0 Å². The van der Waals surface area contributed by atoms with Gasteiger partial charge in [0.1, 0.15) is 0 Å². The molecule has 1 saturated carbocycles. The molecule has 102 valence electrons. The fraction of sp³-hybridized carbons (Fsp3) is 0.750. The highest BCUT2D eigenvalue weighted by Gasteiger charge is 2.27. The topological polar surface area (TPSA) is 3.24 Å². The van der Waals surface area contributed by atoms with Crippen molar-refractivity contribution in [1.82, 2.24) is 4.90 Å². The molecule has 1 nitrogen and oxygen atoms in total. The Balaban J connectivity index is 0.000000202. The van der Waals surface area contributed by atoms with E-state index < -0.39 is 0 Å². The zero-order valence-electron chi connectivity index (χ0n) is 11.7. The molecular formula is C16H27NS. The quantitative estimate of drug-likeness (QED) is 0.705. The number of likely N-dealkylation sites (tertiary alicyclic amines) is 1. The second kappa shape index (κ2) is 7.96. The van der Waals surface area contributed by atoms with Crippen LogP contribution in [-0.4, -0.2) is 24.0 Å². The first kappa shape index (κ1) is 14.1. The van der Waals surface area contributed by atoms with Gasteiger partial charge in [-0.25, -0.2) is 0 Å². The maximum absolute atomic E-state index is 2.77. The zero-order valence-corrected chi connectivity index (χ0v) is 12.5. The maximum atomic E-state index is 2.77. The SMILES string of the molecule is CC1CCCCC1N1CCCCC1.c1ccsc1. The number of piperidine rings is 1. The van der Waals surface area contributed by atoms with Gasteiger partial charge in [0.05, 0.1) is 0 Å². The summed E-state index contributed by atoms with van der Waals surface area (Å²) < 4.78 is 0. The first-order valence-corrected chi connectivity index (χ1v) is 8.53. The third kappa shape index (κ3) is 4.40. The summed E-state index contributed by atoms with van der Waals surface area (Å²) in [5, 5.41) is 4.08. The summed E-state index contributed by atoms with van der Waals surface area (Å²) in [5.41, 5.74) is 0. The molecule has 0 radical (unpaired) electrons. The van der Waals surface area contributed by atoms with Gasteiger partial charge < -0.3 is 4.90 Å². The lowest BCUT2D eigenvalue weighted by Crippen LogP contribution is -2.44. The number of rotatable bonds is 1. The van der Waals surface area contributed by atoms with Crippen LogP contribution in [0, 0.1) is 5.92 Å². The van der Waals surface area contributed by atoms with E-state index in [0.29, 0.717) is 0 Å². The van der Waals surface area contributed by atoms with Crippen LogP contribution in [0.5, 0.6) is 0 Å². The van der Waals surface area contributed by atoms with E-state index >= 15 is 0 Å². The number of hydrogen-bond donors (Lipinski definition) is 0. The first-order chi connectivity index (χ1) is 8.88. The molecule has 18 heavy (non-hydrogen) atoms. The third-order valence-corrected chi connectivity index (χ3v) is 4.98. The molecule has 2 heteroatoms. The van der Waals surface area contributed by atoms with Crippen LogP contribution in [0.25, 0.3) is 0 Å². The molecule has 2 aliphatic rings. The molecule has 1 aliphatic heterocycles. The third-order valence-electron chi connectivity index (χ3n) is 4.35. The van der Waals surface area contributed by atoms with Crippen LogP contribution in [0.3, 0.4) is 0 Å². The molecule has 2 atom stereocenters. The molecule has 0 N–H and O–H groups in total. The van der Waals surface area contributed by atoms with Gasteiger partial charge in [-0.3, -0.25) is 0 Å². The molecule has 1 aromatic rings. The largest absolute Gasteiger partial charge is 0.300 e. The van der Waals surface area contributed by atoms with Crippen molar-refractivity contribution in [3.63, 3.8) is 0 Å². The van der Waals surface area contributed by atoms with Crippen LogP contribution >= 0.6 is 11.3 Å². The van der Waals surface area contributed by atoms with E-state index in [-0.39, 0.29) is 0 Å². The summed E-state index contributed by atoms with van der Waals surface area (Å²) in [6, 6.07) is 4.98. The zero-order chi connectivity index (χ0) is 12.6. The summed E-state index contributed by atoms with van der Waals surface area (Å²) >= 11 is 1.71. The Morgan fingerprint density at radius 2 is 1.56 bits per heavy atom. The van der Waals surface area contributed by atoms with Crippen molar-refractivity contribution in [2.45, 2.75) is 57.9 Å². The van der Waals surface area contributed by atoms with Gasteiger partial charge in [-0.1, -0.05) is 38.3 Å². The molecule has 1 aliphatic carbocycles. The summed E-state index contributed by atoms with van der Waals surface area (Å²) in [7, 11) is 0. The lowest BCUT2D eigenvalue weighted by atomic mass is 9.84. The second-order valence-corrected chi connectivity index (χ2v) is 6.54. The van der Waals surface area contributed by atoms with Crippen LogP contribution in [-0.2, 0) is 0 Å². The number of nitrogens with zero attached hydrogens (tertiary/aromatic N) is 1. The molecule has 2 heterocycles. The summed E-state index contributed by atoms with van der Waals surface area (Å²) in [6.45, 7) is 5.22. The molecule has 2 unspecified atom stereocenters. The Bertz CT molecular complexity index is 273. The van der Waals surface area contributed by atoms with Crippen molar-refractivity contribution >= 4 is 11.3 Å². The molecule has 2 fully saturated rings. The van der Waals surface area contributed by atoms with Crippen molar-refractivity contribution in [3.8, 4) is 0 Å². The molecule has 0 bridgehead atoms. The lowest BCUT2D eigenvalue weighted by Gasteiger charge is -2.40. The Hall–Kier alpha value is -0.340. The van der Waals surface area contributed by atoms with Gasteiger partial charge in [0.2, 0.25) is 0 Å². The van der Waals surface area contributed by atoms with Gasteiger partial charge in [0, 0.05) is 6.04 Å². The van der Waals surface area contributed by atoms with Crippen molar-refractivity contribution in [3.05, 3.63) is 22.9 Å². The maximum Gasteiger partial charge on any atom is 0.0121 e. The summed E-state index contributed by atoms with van der Waals surface area (Å²) in [6.07, 6.45) is 10.3. The van der Waals surface area contributed by atoms with Crippen LogP contribution < -0.4 is 0 Å². The summed E-state index contributed by atoms with van der Waals surface area (Å²) in [4.78, 5) is 2.77. The molecule has 1 saturated heterocycles.